The normalized spacial score (nSPS) is 15.0. The first-order valence-electron chi connectivity index (χ1n) is 12.5. The van der Waals surface area contributed by atoms with Crippen molar-refractivity contribution >= 4 is 29.4 Å². The molecule has 0 radical (unpaired) electrons. The molecule has 0 unspecified atom stereocenters. The lowest BCUT2D eigenvalue weighted by Gasteiger charge is -2.24. The number of rotatable bonds is 7. The van der Waals surface area contributed by atoms with Gasteiger partial charge in [0.15, 0.2) is 4.80 Å². The highest BCUT2D eigenvalue weighted by Crippen LogP contribution is 2.32. The van der Waals surface area contributed by atoms with E-state index in [9.17, 15) is 19.5 Å². The molecule has 0 spiro atoms. The van der Waals surface area contributed by atoms with Crippen molar-refractivity contribution < 1.29 is 28.6 Å². The van der Waals surface area contributed by atoms with Crippen LogP contribution in [0.15, 0.2) is 80.1 Å². The zero-order valence-electron chi connectivity index (χ0n) is 22.3. The number of aromatic carboxylic acids is 1. The van der Waals surface area contributed by atoms with Gasteiger partial charge in [0.1, 0.15) is 17.3 Å². The van der Waals surface area contributed by atoms with E-state index in [2.05, 4.69) is 4.99 Å². The lowest BCUT2D eigenvalue weighted by Crippen LogP contribution is -2.39. The van der Waals surface area contributed by atoms with Crippen LogP contribution in [0.2, 0.25) is 0 Å². The van der Waals surface area contributed by atoms with Crippen LogP contribution in [0.4, 0.5) is 0 Å². The number of methoxy groups -OCH3 is 1. The van der Waals surface area contributed by atoms with Crippen molar-refractivity contribution in [2.24, 2.45) is 4.99 Å². The van der Waals surface area contributed by atoms with E-state index in [1.54, 1.807) is 76.4 Å². The van der Waals surface area contributed by atoms with Gasteiger partial charge in [-0.1, -0.05) is 35.6 Å². The highest BCUT2D eigenvalue weighted by molar-refractivity contribution is 7.07. The van der Waals surface area contributed by atoms with Gasteiger partial charge in [-0.3, -0.25) is 9.36 Å². The summed E-state index contributed by atoms with van der Waals surface area (Å²) in [5.74, 6) is -0.0763. The molecule has 40 heavy (non-hydrogen) atoms. The first-order chi connectivity index (χ1) is 19.2. The molecule has 9 nitrogen and oxygen atoms in total. The third-order valence-electron chi connectivity index (χ3n) is 6.66. The van der Waals surface area contributed by atoms with E-state index < -0.39 is 18.0 Å². The number of aromatic nitrogens is 1. The Kier molecular flexibility index (Phi) is 7.27. The fourth-order valence-electron chi connectivity index (χ4n) is 4.76. The highest BCUT2D eigenvalue weighted by Gasteiger charge is 2.33. The number of hydrogen-bond acceptors (Lipinski definition) is 8. The number of carboxylic acid groups (broad SMARTS) is 1. The molecule has 5 rings (SSSR count). The number of carbonyl (C=O) groups excluding carboxylic acids is 1. The van der Waals surface area contributed by atoms with E-state index in [1.807, 2.05) is 6.07 Å². The predicted molar refractivity (Wildman–Crippen MR) is 149 cm³/mol. The molecule has 0 fully saturated rings. The molecule has 1 N–H and O–H groups in total. The Morgan fingerprint density at radius 1 is 1.15 bits per heavy atom. The van der Waals surface area contributed by atoms with Crippen molar-refractivity contribution in [3.05, 3.63) is 108 Å². The Labute approximate surface area is 232 Å². The van der Waals surface area contributed by atoms with Crippen molar-refractivity contribution in [3.63, 3.8) is 0 Å². The average molecular weight is 559 g/mol. The maximum absolute atomic E-state index is 13.8. The number of allylic oxidation sites excluding steroid dienone is 1. The quantitative estimate of drug-likeness (QED) is 0.340. The number of benzene rings is 2. The number of fused-ring (bicyclic) bond motifs is 1. The second kappa shape index (κ2) is 10.8. The number of esters is 1. The first kappa shape index (κ1) is 26.9. The maximum atomic E-state index is 13.8. The second-order valence-corrected chi connectivity index (χ2v) is 10.1. The van der Waals surface area contributed by atoms with Crippen molar-refractivity contribution in [3.8, 4) is 17.1 Å². The Bertz CT molecular complexity index is 1860. The standard InChI is InChI=1S/C30H26N2O7S/c1-5-38-29(36)25-17(3)31-30-32(26(25)18-8-6-9-19(14-18)37-4)27(33)24(40-30)15-20-12-13-23(39-20)21-10-7-11-22(16(21)2)28(34)35/h6-15,26H,5H2,1-4H3,(H,34,35)/b24-15-/t26-/m0/s1. The summed E-state index contributed by atoms with van der Waals surface area (Å²) in [5.41, 5.74) is 2.50. The van der Waals surface area contributed by atoms with E-state index in [1.165, 1.54) is 22.0 Å². The maximum Gasteiger partial charge on any atom is 0.338 e. The average Bonchev–Trinajstić information content (AvgIpc) is 3.52. The van der Waals surface area contributed by atoms with Crippen molar-refractivity contribution in [1.29, 1.82) is 0 Å². The summed E-state index contributed by atoms with van der Waals surface area (Å²) < 4.78 is 18.6. The number of carbonyl (C=O) groups is 2. The summed E-state index contributed by atoms with van der Waals surface area (Å²) >= 11 is 1.18. The van der Waals surface area contributed by atoms with Gasteiger partial charge in [-0.05, 0) is 62.2 Å². The van der Waals surface area contributed by atoms with Gasteiger partial charge in [-0.2, -0.15) is 0 Å². The topological polar surface area (TPSA) is 120 Å². The lowest BCUT2D eigenvalue weighted by molar-refractivity contribution is -0.139. The zero-order valence-corrected chi connectivity index (χ0v) is 23.1. The fraction of sp³-hybridized carbons (Fsp3) is 0.200. The van der Waals surface area contributed by atoms with Gasteiger partial charge in [-0.15, -0.1) is 0 Å². The monoisotopic (exact) mass is 558 g/mol. The van der Waals surface area contributed by atoms with Crippen LogP contribution < -0.4 is 19.6 Å². The van der Waals surface area contributed by atoms with Crippen LogP contribution in [0, 0.1) is 6.92 Å². The van der Waals surface area contributed by atoms with E-state index in [-0.39, 0.29) is 23.3 Å². The minimum atomic E-state index is -1.02. The first-order valence-corrected chi connectivity index (χ1v) is 13.3. The molecular weight excluding hydrogens is 532 g/mol. The van der Waals surface area contributed by atoms with Crippen LogP contribution in [-0.4, -0.2) is 35.3 Å². The fourth-order valence-corrected chi connectivity index (χ4v) is 5.78. The number of thiazole rings is 1. The van der Waals surface area contributed by atoms with E-state index in [4.69, 9.17) is 13.9 Å². The molecule has 1 atom stereocenters. The van der Waals surface area contributed by atoms with Crippen LogP contribution in [-0.2, 0) is 9.53 Å². The van der Waals surface area contributed by atoms with E-state index in [0.29, 0.717) is 49.0 Å². The van der Waals surface area contributed by atoms with E-state index >= 15 is 0 Å². The Hall–Kier alpha value is -4.70. The van der Waals surface area contributed by atoms with Gasteiger partial charge < -0.3 is 19.0 Å². The summed E-state index contributed by atoms with van der Waals surface area (Å²) in [6.45, 7) is 5.35. The molecule has 0 saturated heterocycles. The van der Waals surface area contributed by atoms with Gasteiger partial charge in [0.25, 0.3) is 5.56 Å². The Morgan fingerprint density at radius 3 is 2.65 bits per heavy atom. The largest absolute Gasteiger partial charge is 0.497 e. The Balaban J connectivity index is 1.64. The van der Waals surface area contributed by atoms with Crippen molar-refractivity contribution in [1.82, 2.24) is 4.57 Å². The Morgan fingerprint density at radius 2 is 1.93 bits per heavy atom. The second-order valence-electron chi connectivity index (χ2n) is 9.06. The van der Waals surface area contributed by atoms with Gasteiger partial charge >= 0.3 is 11.9 Å². The molecule has 4 aromatic rings. The van der Waals surface area contributed by atoms with Gasteiger partial charge in [0.05, 0.1) is 41.1 Å². The summed E-state index contributed by atoms with van der Waals surface area (Å²) in [6.07, 6.45) is 1.62. The molecule has 204 valence electrons. The predicted octanol–water partition coefficient (Wildman–Crippen LogP) is 4.07. The highest BCUT2D eigenvalue weighted by atomic mass is 32.1. The summed E-state index contributed by atoms with van der Waals surface area (Å²) in [7, 11) is 1.55. The molecule has 0 saturated carbocycles. The van der Waals surface area contributed by atoms with Crippen LogP contribution >= 0.6 is 11.3 Å². The molecular formula is C30H26N2O7S. The smallest absolute Gasteiger partial charge is 0.338 e. The summed E-state index contributed by atoms with van der Waals surface area (Å²) in [4.78, 5) is 43.4. The van der Waals surface area contributed by atoms with Crippen LogP contribution in [0.5, 0.6) is 5.75 Å². The number of carboxylic acids is 1. The van der Waals surface area contributed by atoms with Crippen LogP contribution in [0.3, 0.4) is 0 Å². The lowest BCUT2D eigenvalue weighted by atomic mass is 9.95. The molecule has 2 aromatic heterocycles. The summed E-state index contributed by atoms with van der Waals surface area (Å²) in [5, 5.41) is 9.46. The van der Waals surface area contributed by atoms with E-state index in [0.717, 1.165) is 0 Å². The number of hydrogen-bond donors (Lipinski definition) is 1. The SMILES string of the molecule is CCOC(=O)C1=C(C)N=c2s/c(=C\c3ccc(-c4cccc(C(=O)O)c4C)o3)c(=O)n2[C@H]1c1cccc(OC)c1. The molecule has 0 bridgehead atoms. The van der Waals surface area contributed by atoms with Gasteiger partial charge in [0, 0.05) is 11.6 Å². The van der Waals surface area contributed by atoms with Crippen molar-refractivity contribution in [2.75, 3.05) is 13.7 Å². The van der Waals surface area contributed by atoms with Crippen LogP contribution in [0.25, 0.3) is 17.4 Å². The third kappa shape index (κ3) is 4.77. The number of furan rings is 1. The number of nitrogens with zero attached hydrogens (tertiary/aromatic N) is 2. The zero-order chi connectivity index (χ0) is 28.6. The van der Waals surface area contributed by atoms with Gasteiger partial charge in [-0.25, -0.2) is 14.6 Å². The van der Waals surface area contributed by atoms with Gasteiger partial charge in [0.2, 0.25) is 0 Å². The molecule has 0 amide bonds. The molecule has 2 aromatic carbocycles. The van der Waals surface area contributed by atoms with Crippen LogP contribution in [0.1, 0.15) is 47.1 Å². The minimum Gasteiger partial charge on any atom is -0.497 e. The number of ether oxygens (including phenoxy) is 2. The minimum absolute atomic E-state index is 0.181. The molecule has 0 aliphatic carbocycles. The van der Waals surface area contributed by atoms with Crippen molar-refractivity contribution in [2.45, 2.75) is 26.8 Å². The molecule has 1 aliphatic heterocycles. The molecule has 10 heteroatoms. The molecule has 3 heterocycles. The third-order valence-corrected chi connectivity index (χ3v) is 7.64. The summed E-state index contributed by atoms with van der Waals surface area (Å²) in [6, 6.07) is 14.9. The molecule has 1 aliphatic rings.